The first-order valence-corrected chi connectivity index (χ1v) is 7.43. The van der Waals surface area contributed by atoms with E-state index in [2.05, 4.69) is 60.2 Å². The van der Waals surface area contributed by atoms with Crippen molar-refractivity contribution >= 4 is 15.9 Å². The van der Waals surface area contributed by atoms with E-state index in [4.69, 9.17) is 4.42 Å². The molecule has 0 saturated carbocycles. The maximum absolute atomic E-state index is 5.60. The zero-order valence-electron chi connectivity index (χ0n) is 11.7. The Morgan fingerprint density at radius 2 is 2.00 bits per heavy atom. The van der Waals surface area contributed by atoms with E-state index < -0.39 is 0 Å². The van der Waals surface area contributed by atoms with Gasteiger partial charge in [0.25, 0.3) is 0 Å². The minimum absolute atomic E-state index is 0.205. The van der Waals surface area contributed by atoms with Gasteiger partial charge in [0, 0.05) is 0 Å². The lowest BCUT2D eigenvalue weighted by Crippen LogP contribution is -2.22. The van der Waals surface area contributed by atoms with Crippen molar-refractivity contribution in [2.24, 2.45) is 0 Å². The summed E-state index contributed by atoms with van der Waals surface area (Å²) < 4.78 is 6.63. The number of likely N-dealkylation sites (N-methyl/N-ethyl adjacent to an activating group) is 1. The minimum Gasteiger partial charge on any atom is -0.466 e. The molecular weight excluding hydrogens is 302 g/mol. The molecule has 0 fully saturated rings. The number of halogens is 1. The Balaban J connectivity index is 2.21. The first-order valence-electron chi connectivity index (χ1n) is 6.64. The third-order valence-corrected chi connectivity index (χ3v) is 4.08. The zero-order chi connectivity index (χ0) is 13.8. The largest absolute Gasteiger partial charge is 0.466 e. The lowest BCUT2D eigenvalue weighted by atomic mass is 10.00. The summed E-state index contributed by atoms with van der Waals surface area (Å²) >= 11 is 3.54. The van der Waals surface area contributed by atoms with Gasteiger partial charge in [-0.2, -0.15) is 0 Å². The van der Waals surface area contributed by atoms with Gasteiger partial charge in [0.2, 0.25) is 0 Å². The van der Waals surface area contributed by atoms with Gasteiger partial charge in [0.1, 0.15) is 5.76 Å². The van der Waals surface area contributed by atoms with Gasteiger partial charge in [-0.1, -0.05) is 25.1 Å². The van der Waals surface area contributed by atoms with Crippen LogP contribution in [0.2, 0.25) is 0 Å². The zero-order valence-corrected chi connectivity index (χ0v) is 13.3. The summed E-state index contributed by atoms with van der Waals surface area (Å²) in [6.07, 6.45) is 2.66. The third-order valence-electron chi connectivity index (χ3n) is 3.42. The number of rotatable bonds is 5. The maximum Gasteiger partial charge on any atom is 0.135 e. The molecule has 1 aromatic carbocycles. The number of hydrogen-bond donors (Lipinski definition) is 1. The van der Waals surface area contributed by atoms with Crippen LogP contribution < -0.4 is 5.32 Å². The highest BCUT2D eigenvalue weighted by Crippen LogP contribution is 2.27. The topological polar surface area (TPSA) is 25.2 Å². The Morgan fingerprint density at radius 1 is 1.21 bits per heavy atom. The molecule has 2 rings (SSSR count). The molecule has 2 nitrogen and oxygen atoms in total. The average Bonchev–Trinajstić information content (AvgIpc) is 2.79. The van der Waals surface area contributed by atoms with Crippen LogP contribution in [0.5, 0.6) is 0 Å². The molecule has 19 heavy (non-hydrogen) atoms. The summed E-state index contributed by atoms with van der Waals surface area (Å²) in [7, 11) is 0. The summed E-state index contributed by atoms with van der Waals surface area (Å²) in [5.74, 6) is 0.972. The van der Waals surface area contributed by atoms with E-state index >= 15 is 0 Å². The molecule has 0 saturated heterocycles. The van der Waals surface area contributed by atoms with Gasteiger partial charge in [0.15, 0.2) is 0 Å². The van der Waals surface area contributed by atoms with Crippen LogP contribution in [0.4, 0.5) is 0 Å². The maximum atomic E-state index is 5.60. The van der Waals surface area contributed by atoms with Crippen LogP contribution in [-0.4, -0.2) is 6.54 Å². The van der Waals surface area contributed by atoms with Crippen LogP contribution in [0.15, 0.2) is 39.4 Å². The van der Waals surface area contributed by atoms with Crippen molar-refractivity contribution in [3.8, 4) is 0 Å². The molecular formula is C16H20BrNO. The van der Waals surface area contributed by atoms with Crippen molar-refractivity contribution in [3.63, 3.8) is 0 Å². The molecule has 0 aliphatic carbocycles. The van der Waals surface area contributed by atoms with Crippen molar-refractivity contribution in [2.75, 3.05) is 6.54 Å². The molecule has 0 aliphatic rings. The lowest BCUT2D eigenvalue weighted by Gasteiger charge is -2.17. The molecule has 0 aliphatic heterocycles. The second-order valence-electron chi connectivity index (χ2n) is 4.87. The molecule has 1 atom stereocenters. The number of aryl methyl sites for hydroxylation is 2. The first kappa shape index (κ1) is 14.4. The Morgan fingerprint density at radius 3 is 2.58 bits per heavy atom. The fraction of sp³-hybridized carbons (Fsp3) is 0.375. The molecule has 1 heterocycles. The molecule has 1 aromatic heterocycles. The molecule has 0 bridgehead atoms. The van der Waals surface area contributed by atoms with Crippen molar-refractivity contribution in [1.29, 1.82) is 0 Å². The smallest absolute Gasteiger partial charge is 0.135 e. The molecule has 0 amide bonds. The van der Waals surface area contributed by atoms with Crippen LogP contribution in [-0.2, 0) is 6.42 Å². The van der Waals surface area contributed by atoms with Gasteiger partial charge in [-0.3, -0.25) is 0 Å². The Labute approximate surface area is 123 Å². The highest BCUT2D eigenvalue weighted by Gasteiger charge is 2.17. The third kappa shape index (κ3) is 3.48. The number of hydrogen-bond acceptors (Lipinski definition) is 2. The Hall–Kier alpha value is -1.06. The fourth-order valence-electron chi connectivity index (χ4n) is 2.22. The summed E-state index contributed by atoms with van der Waals surface area (Å²) in [5.41, 5.74) is 4.01. The summed E-state index contributed by atoms with van der Waals surface area (Å²) in [6.45, 7) is 7.33. The SMILES string of the molecule is CCNC(Cc1ccc(C)c(C)c1)c1occc1Br. The van der Waals surface area contributed by atoms with Crippen molar-refractivity contribution in [1.82, 2.24) is 5.32 Å². The van der Waals surface area contributed by atoms with E-state index in [0.717, 1.165) is 23.2 Å². The van der Waals surface area contributed by atoms with Gasteiger partial charge >= 0.3 is 0 Å². The fourth-order valence-corrected chi connectivity index (χ4v) is 2.70. The number of furan rings is 1. The van der Waals surface area contributed by atoms with Crippen molar-refractivity contribution < 1.29 is 4.42 Å². The van der Waals surface area contributed by atoms with Gasteiger partial charge in [-0.15, -0.1) is 0 Å². The quantitative estimate of drug-likeness (QED) is 0.873. The van der Waals surface area contributed by atoms with Crippen LogP contribution in [0.25, 0.3) is 0 Å². The van der Waals surface area contributed by atoms with Crippen LogP contribution >= 0.6 is 15.9 Å². The summed E-state index contributed by atoms with van der Waals surface area (Å²) in [6, 6.07) is 8.79. The van der Waals surface area contributed by atoms with E-state index in [1.165, 1.54) is 16.7 Å². The predicted octanol–water partition coefficient (Wildman–Crippen LogP) is 4.55. The van der Waals surface area contributed by atoms with E-state index in [1.807, 2.05) is 6.07 Å². The number of nitrogens with one attached hydrogen (secondary N) is 1. The first-order chi connectivity index (χ1) is 9.11. The standard InChI is InChI=1S/C16H20BrNO/c1-4-18-15(16-14(17)7-8-19-16)10-13-6-5-11(2)12(3)9-13/h5-9,15,18H,4,10H2,1-3H3. The molecule has 2 aromatic rings. The van der Waals surface area contributed by atoms with Crippen LogP contribution in [0.3, 0.4) is 0 Å². The lowest BCUT2D eigenvalue weighted by molar-refractivity contribution is 0.414. The Kier molecular flexibility index (Phi) is 4.83. The molecule has 1 unspecified atom stereocenters. The summed E-state index contributed by atoms with van der Waals surface area (Å²) in [4.78, 5) is 0. The summed E-state index contributed by atoms with van der Waals surface area (Å²) in [5, 5.41) is 3.48. The molecule has 0 radical (unpaired) electrons. The second-order valence-corrected chi connectivity index (χ2v) is 5.72. The van der Waals surface area contributed by atoms with Gasteiger partial charge in [0.05, 0.1) is 16.8 Å². The Bertz CT molecular complexity index is 547. The number of benzene rings is 1. The average molecular weight is 322 g/mol. The van der Waals surface area contributed by atoms with Crippen LogP contribution in [0, 0.1) is 13.8 Å². The monoisotopic (exact) mass is 321 g/mol. The van der Waals surface area contributed by atoms with Gasteiger partial charge in [-0.25, -0.2) is 0 Å². The van der Waals surface area contributed by atoms with Crippen molar-refractivity contribution in [3.05, 3.63) is 57.5 Å². The van der Waals surface area contributed by atoms with Gasteiger partial charge < -0.3 is 9.73 Å². The van der Waals surface area contributed by atoms with E-state index in [0.29, 0.717) is 0 Å². The van der Waals surface area contributed by atoms with E-state index in [1.54, 1.807) is 6.26 Å². The van der Waals surface area contributed by atoms with E-state index in [9.17, 15) is 0 Å². The molecule has 1 N–H and O–H groups in total. The van der Waals surface area contributed by atoms with E-state index in [-0.39, 0.29) is 6.04 Å². The predicted molar refractivity (Wildman–Crippen MR) is 82.4 cm³/mol. The normalized spacial score (nSPS) is 12.6. The van der Waals surface area contributed by atoms with Crippen LogP contribution in [0.1, 0.15) is 35.4 Å². The second kappa shape index (κ2) is 6.40. The minimum atomic E-state index is 0.205. The molecule has 3 heteroatoms. The highest BCUT2D eigenvalue weighted by molar-refractivity contribution is 9.10. The van der Waals surface area contributed by atoms with Gasteiger partial charge in [-0.05, 0) is 65.5 Å². The highest BCUT2D eigenvalue weighted by atomic mass is 79.9. The molecule has 102 valence electrons. The molecule has 0 spiro atoms. The van der Waals surface area contributed by atoms with Crippen molar-refractivity contribution in [2.45, 2.75) is 33.2 Å².